The zero-order valence-electron chi connectivity index (χ0n) is 17.2. The standard InChI is InChI=1S/C24H20ClN5O/c1-29(2)19-13-9-17(10-14-19)23-26-24(31-28-23)22-20-5-3-4-6-21(20)30(27-22)15-16-7-11-18(25)12-8-16/h3-14H,15H2,1-2H3. The quantitative estimate of drug-likeness (QED) is 0.368. The van der Waals surface area contributed by atoms with Gasteiger partial charge in [-0.2, -0.15) is 10.1 Å². The van der Waals surface area contributed by atoms with Crippen LogP contribution in [0.3, 0.4) is 0 Å². The van der Waals surface area contributed by atoms with Crippen LogP contribution in [0.25, 0.3) is 33.9 Å². The van der Waals surface area contributed by atoms with Gasteiger partial charge in [0.15, 0.2) is 5.69 Å². The highest BCUT2D eigenvalue weighted by molar-refractivity contribution is 6.30. The normalized spacial score (nSPS) is 11.2. The van der Waals surface area contributed by atoms with Crippen molar-refractivity contribution in [2.45, 2.75) is 6.54 Å². The van der Waals surface area contributed by atoms with Crippen LogP contribution in [0.15, 0.2) is 77.3 Å². The third kappa shape index (κ3) is 3.78. The molecule has 2 heterocycles. The lowest BCUT2D eigenvalue weighted by molar-refractivity contribution is 0.430. The SMILES string of the molecule is CN(C)c1ccc(-c2noc(-c3nn(Cc4ccc(Cl)cc4)c4ccccc34)n2)cc1. The van der Waals surface area contributed by atoms with Crippen molar-refractivity contribution in [2.24, 2.45) is 0 Å². The second-order valence-electron chi connectivity index (χ2n) is 7.51. The van der Waals surface area contributed by atoms with Gasteiger partial charge in [0.05, 0.1) is 12.1 Å². The predicted molar refractivity (Wildman–Crippen MR) is 123 cm³/mol. The molecule has 0 unspecified atom stereocenters. The smallest absolute Gasteiger partial charge is 0.279 e. The molecule has 31 heavy (non-hydrogen) atoms. The van der Waals surface area contributed by atoms with Gasteiger partial charge < -0.3 is 9.42 Å². The highest BCUT2D eigenvalue weighted by atomic mass is 35.5. The van der Waals surface area contributed by atoms with Gasteiger partial charge in [0.25, 0.3) is 5.89 Å². The van der Waals surface area contributed by atoms with Crippen LogP contribution in [-0.4, -0.2) is 34.0 Å². The molecule has 0 saturated carbocycles. The summed E-state index contributed by atoms with van der Waals surface area (Å²) in [5.41, 5.74) is 4.79. The molecule has 0 aliphatic rings. The molecule has 3 aromatic carbocycles. The van der Waals surface area contributed by atoms with Crippen LogP contribution in [0.5, 0.6) is 0 Å². The molecule has 5 rings (SSSR count). The Labute approximate surface area is 184 Å². The van der Waals surface area contributed by atoms with Crippen LogP contribution >= 0.6 is 11.6 Å². The van der Waals surface area contributed by atoms with Gasteiger partial charge in [-0.15, -0.1) is 0 Å². The number of anilines is 1. The summed E-state index contributed by atoms with van der Waals surface area (Å²) in [4.78, 5) is 6.67. The Morgan fingerprint density at radius 2 is 1.68 bits per heavy atom. The number of para-hydroxylation sites is 1. The highest BCUT2D eigenvalue weighted by Gasteiger charge is 2.19. The predicted octanol–water partition coefficient (Wildman–Crippen LogP) is 5.52. The molecule has 0 fully saturated rings. The monoisotopic (exact) mass is 429 g/mol. The number of halogens is 1. The van der Waals surface area contributed by atoms with Crippen molar-refractivity contribution in [3.63, 3.8) is 0 Å². The molecule has 0 bridgehead atoms. The largest absolute Gasteiger partial charge is 0.378 e. The maximum absolute atomic E-state index is 6.02. The van der Waals surface area contributed by atoms with Crippen LogP contribution in [0.1, 0.15) is 5.56 Å². The molecule has 154 valence electrons. The Hall–Kier alpha value is -3.64. The minimum atomic E-state index is 0.401. The van der Waals surface area contributed by atoms with Gasteiger partial charge in [-0.05, 0) is 48.0 Å². The average molecular weight is 430 g/mol. The fourth-order valence-corrected chi connectivity index (χ4v) is 3.64. The summed E-state index contributed by atoms with van der Waals surface area (Å²) < 4.78 is 7.55. The molecule has 0 saturated heterocycles. The zero-order valence-corrected chi connectivity index (χ0v) is 17.9. The first-order chi connectivity index (χ1) is 15.1. The first-order valence-electron chi connectivity index (χ1n) is 9.90. The van der Waals surface area contributed by atoms with E-state index in [0.717, 1.165) is 27.7 Å². The van der Waals surface area contributed by atoms with E-state index in [1.807, 2.05) is 96.5 Å². The molecule has 5 aromatic rings. The second-order valence-corrected chi connectivity index (χ2v) is 7.95. The molecule has 6 nitrogen and oxygen atoms in total. The van der Waals surface area contributed by atoms with Crippen molar-refractivity contribution < 1.29 is 4.52 Å². The third-order valence-electron chi connectivity index (χ3n) is 5.17. The molecular formula is C24H20ClN5O. The van der Waals surface area contributed by atoms with Crippen LogP contribution in [0.4, 0.5) is 5.69 Å². The Kier molecular flexibility index (Phi) is 4.92. The molecule has 0 N–H and O–H groups in total. The van der Waals surface area contributed by atoms with Gasteiger partial charge in [0, 0.05) is 35.8 Å². The fourth-order valence-electron chi connectivity index (χ4n) is 3.51. The van der Waals surface area contributed by atoms with Crippen LogP contribution in [0, 0.1) is 0 Å². The lowest BCUT2D eigenvalue weighted by Crippen LogP contribution is -2.07. The second kappa shape index (κ2) is 7.89. The van der Waals surface area contributed by atoms with Crippen LogP contribution in [0.2, 0.25) is 5.02 Å². The van der Waals surface area contributed by atoms with Crippen molar-refractivity contribution in [1.29, 1.82) is 0 Å². The Bertz CT molecular complexity index is 1340. The first kappa shape index (κ1) is 19.3. The summed E-state index contributed by atoms with van der Waals surface area (Å²) in [5.74, 6) is 0.939. The molecule has 0 aliphatic heterocycles. The molecule has 0 radical (unpaired) electrons. The average Bonchev–Trinajstić information content (AvgIpc) is 3.41. The molecule has 0 amide bonds. The number of fused-ring (bicyclic) bond motifs is 1. The highest BCUT2D eigenvalue weighted by Crippen LogP contribution is 2.29. The number of nitrogens with zero attached hydrogens (tertiary/aromatic N) is 5. The van der Waals surface area contributed by atoms with Crippen molar-refractivity contribution in [3.05, 3.63) is 83.4 Å². The number of hydrogen-bond donors (Lipinski definition) is 0. The van der Waals surface area contributed by atoms with Gasteiger partial charge in [-0.1, -0.05) is 47.1 Å². The molecule has 0 spiro atoms. The van der Waals surface area contributed by atoms with Gasteiger partial charge in [0.1, 0.15) is 0 Å². The number of aromatic nitrogens is 4. The molecular weight excluding hydrogens is 410 g/mol. The molecule has 7 heteroatoms. The zero-order chi connectivity index (χ0) is 21.4. The maximum atomic E-state index is 6.02. The summed E-state index contributed by atoms with van der Waals surface area (Å²) in [6, 6.07) is 23.8. The third-order valence-corrected chi connectivity index (χ3v) is 5.43. The van der Waals surface area contributed by atoms with Crippen LogP contribution in [-0.2, 0) is 6.54 Å². The number of hydrogen-bond acceptors (Lipinski definition) is 5. The topological polar surface area (TPSA) is 60.0 Å². The molecule has 2 aromatic heterocycles. The summed E-state index contributed by atoms with van der Waals surface area (Å²) in [5, 5.41) is 10.7. The molecule has 0 aliphatic carbocycles. The lowest BCUT2D eigenvalue weighted by Gasteiger charge is -2.11. The van der Waals surface area contributed by atoms with E-state index < -0.39 is 0 Å². The summed E-state index contributed by atoms with van der Waals surface area (Å²) >= 11 is 6.02. The number of rotatable bonds is 5. The Morgan fingerprint density at radius 1 is 0.935 bits per heavy atom. The van der Waals surface area contributed by atoms with Crippen LogP contribution < -0.4 is 4.90 Å². The minimum absolute atomic E-state index is 0.401. The Balaban J connectivity index is 1.51. The van der Waals surface area contributed by atoms with E-state index in [-0.39, 0.29) is 0 Å². The van der Waals surface area contributed by atoms with E-state index in [4.69, 9.17) is 21.2 Å². The fraction of sp³-hybridized carbons (Fsp3) is 0.125. The minimum Gasteiger partial charge on any atom is -0.378 e. The van der Waals surface area contributed by atoms with E-state index in [1.54, 1.807) is 0 Å². The van der Waals surface area contributed by atoms with Gasteiger partial charge in [0.2, 0.25) is 5.82 Å². The maximum Gasteiger partial charge on any atom is 0.279 e. The Morgan fingerprint density at radius 3 is 2.42 bits per heavy atom. The van der Waals surface area contributed by atoms with E-state index in [2.05, 4.69) is 10.1 Å². The van der Waals surface area contributed by atoms with Crippen molar-refractivity contribution in [1.82, 2.24) is 19.9 Å². The summed E-state index contributed by atoms with van der Waals surface area (Å²) in [6.45, 7) is 0.616. The molecule has 0 atom stereocenters. The van der Waals surface area contributed by atoms with E-state index in [1.165, 1.54) is 0 Å². The first-order valence-corrected chi connectivity index (χ1v) is 10.3. The van der Waals surface area contributed by atoms with Crippen molar-refractivity contribution in [2.75, 3.05) is 19.0 Å². The van der Waals surface area contributed by atoms with E-state index in [0.29, 0.717) is 29.0 Å². The van der Waals surface area contributed by atoms with Gasteiger partial charge in [-0.25, -0.2) is 0 Å². The van der Waals surface area contributed by atoms with Gasteiger partial charge in [-0.3, -0.25) is 4.68 Å². The van der Waals surface area contributed by atoms with E-state index >= 15 is 0 Å². The number of benzene rings is 3. The lowest BCUT2D eigenvalue weighted by atomic mass is 10.2. The summed E-state index contributed by atoms with van der Waals surface area (Å²) in [7, 11) is 4.01. The van der Waals surface area contributed by atoms with Gasteiger partial charge >= 0.3 is 0 Å². The van der Waals surface area contributed by atoms with Crippen molar-refractivity contribution >= 4 is 28.2 Å². The van der Waals surface area contributed by atoms with Crippen molar-refractivity contribution in [3.8, 4) is 23.0 Å². The summed E-state index contributed by atoms with van der Waals surface area (Å²) in [6.07, 6.45) is 0. The van der Waals surface area contributed by atoms with E-state index in [9.17, 15) is 0 Å².